The first-order valence-electron chi connectivity index (χ1n) is 6.30. The molecule has 3 aliphatic heterocycles. The normalized spacial score (nSPS) is 36.1. The molecule has 3 atom stereocenters. The average Bonchev–Trinajstić information content (AvgIpc) is 2.64. The van der Waals surface area contributed by atoms with Crippen molar-refractivity contribution in [1.29, 1.82) is 0 Å². The summed E-state index contributed by atoms with van der Waals surface area (Å²) in [6, 6.07) is 3.79. The summed E-state index contributed by atoms with van der Waals surface area (Å²) in [5.41, 5.74) is 1.36. The van der Waals surface area contributed by atoms with Gasteiger partial charge in [0.1, 0.15) is 17.0 Å². The summed E-state index contributed by atoms with van der Waals surface area (Å²) in [5, 5.41) is 0.577. The van der Waals surface area contributed by atoms with Gasteiger partial charge in [-0.2, -0.15) is 0 Å². The van der Waals surface area contributed by atoms with Gasteiger partial charge in [-0.25, -0.2) is 4.98 Å². The first-order chi connectivity index (χ1) is 8.25. The maximum atomic E-state index is 6.16. The zero-order valence-corrected chi connectivity index (χ0v) is 11.6. The molecule has 0 N–H and O–H groups in total. The molecule has 2 fully saturated rings. The number of piperidine rings is 1. The molecular formula is C13H16Cl2N2O. The molecule has 98 valence electrons. The molecule has 4 heterocycles. The Morgan fingerprint density at radius 3 is 3.17 bits per heavy atom. The topological polar surface area (TPSA) is 25.4 Å². The van der Waals surface area contributed by atoms with Crippen LogP contribution in [0.1, 0.15) is 18.5 Å². The minimum absolute atomic E-state index is 0. The maximum absolute atomic E-state index is 6.16. The lowest BCUT2D eigenvalue weighted by Crippen LogP contribution is -2.50. The third-order valence-electron chi connectivity index (χ3n) is 4.54. The molecule has 3 aliphatic rings. The molecule has 3 unspecified atom stereocenters. The fourth-order valence-electron chi connectivity index (χ4n) is 3.67. The number of nitrogens with zero attached hydrogens (tertiary/aromatic N) is 2. The van der Waals surface area contributed by atoms with Crippen LogP contribution in [0.3, 0.4) is 0 Å². The highest BCUT2D eigenvalue weighted by molar-refractivity contribution is 6.29. The summed E-state index contributed by atoms with van der Waals surface area (Å²) in [4.78, 5) is 6.99. The molecule has 1 aromatic rings. The van der Waals surface area contributed by atoms with E-state index in [0.717, 1.165) is 24.3 Å². The molecule has 5 heteroatoms. The van der Waals surface area contributed by atoms with Crippen LogP contribution in [0.2, 0.25) is 5.15 Å². The Labute approximate surface area is 118 Å². The van der Waals surface area contributed by atoms with Crippen LogP contribution in [0.25, 0.3) is 0 Å². The molecule has 0 saturated carbocycles. The van der Waals surface area contributed by atoms with Crippen LogP contribution in [0.15, 0.2) is 12.1 Å². The fourth-order valence-corrected chi connectivity index (χ4v) is 3.83. The molecule has 0 aromatic carbocycles. The molecule has 0 aliphatic carbocycles. The molecule has 1 spiro atoms. The summed E-state index contributed by atoms with van der Waals surface area (Å²) in [6.07, 6.45) is 3.81. The highest BCUT2D eigenvalue weighted by Crippen LogP contribution is 2.48. The van der Waals surface area contributed by atoms with Crippen LogP contribution in [0.5, 0.6) is 5.75 Å². The van der Waals surface area contributed by atoms with Gasteiger partial charge in [0.2, 0.25) is 0 Å². The zero-order chi connectivity index (χ0) is 11.5. The van der Waals surface area contributed by atoms with Crippen molar-refractivity contribution in [1.82, 2.24) is 9.88 Å². The predicted molar refractivity (Wildman–Crippen MR) is 72.7 cm³/mol. The van der Waals surface area contributed by atoms with E-state index in [1.165, 1.54) is 26.1 Å². The number of aromatic nitrogens is 1. The summed E-state index contributed by atoms with van der Waals surface area (Å²) in [7, 11) is 0. The average molecular weight is 287 g/mol. The Hall–Kier alpha value is -0.510. The van der Waals surface area contributed by atoms with E-state index in [9.17, 15) is 0 Å². The van der Waals surface area contributed by atoms with Crippen molar-refractivity contribution < 1.29 is 4.74 Å². The van der Waals surface area contributed by atoms with Crippen LogP contribution < -0.4 is 4.74 Å². The zero-order valence-electron chi connectivity index (χ0n) is 10.1. The predicted octanol–water partition coefficient (Wildman–Crippen LogP) is 2.56. The van der Waals surface area contributed by atoms with Gasteiger partial charge in [0, 0.05) is 24.9 Å². The van der Waals surface area contributed by atoms with Crippen molar-refractivity contribution in [2.24, 2.45) is 5.41 Å². The van der Waals surface area contributed by atoms with E-state index in [1.54, 1.807) is 0 Å². The van der Waals surface area contributed by atoms with Gasteiger partial charge in [-0.3, -0.25) is 0 Å². The van der Waals surface area contributed by atoms with Gasteiger partial charge in [-0.05, 0) is 31.5 Å². The first kappa shape index (κ1) is 12.5. The monoisotopic (exact) mass is 286 g/mol. The van der Waals surface area contributed by atoms with Crippen molar-refractivity contribution in [2.75, 3.05) is 19.6 Å². The van der Waals surface area contributed by atoms with E-state index >= 15 is 0 Å². The Balaban J connectivity index is 0.000001000. The lowest BCUT2D eigenvalue weighted by Gasteiger charge is -2.44. The molecule has 4 rings (SSSR count). The van der Waals surface area contributed by atoms with E-state index in [2.05, 4.69) is 9.88 Å². The molecular weight excluding hydrogens is 271 g/mol. The number of rotatable bonds is 0. The fraction of sp³-hybridized carbons (Fsp3) is 0.615. The number of halogens is 2. The van der Waals surface area contributed by atoms with Gasteiger partial charge in [-0.1, -0.05) is 11.6 Å². The van der Waals surface area contributed by atoms with E-state index in [0.29, 0.717) is 16.7 Å². The van der Waals surface area contributed by atoms with Gasteiger partial charge < -0.3 is 9.64 Å². The second kappa shape index (κ2) is 4.26. The van der Waals surface area contributed by atoms with Gasteiger partial charge in [-0.15, -0.1) is 12.4 Å². The second-order valence-corrected chi connectivity index (χ2v) is 5.93. The summed E-state index contributed by atoms with van der Waals surface area (Å²) in [6.45, 7) is 3.57. The minimum Gasteiger partial charge on any atom is -0.488 e. The van der Waals surface area contributed by atoms with Gasteiger partial charge in [0.05, 0.1) is 5.69 Å². The van der Waals surface area contributed by atoms with Crippen LogP contribution in [-0.2, 0) is 6.42 Å². The Bertz CT molecular complexity index is 482. The minimum atomic E-state index is 0. The van der Waals surface area contributed by atoms with Crippen molar-refractivity contribution >= 4 is 24.0 Å². The third kappa shape index (κ3) is 1.72. The lowest BCUT2D eigenvalue weighted by atomic mass is 9.73. The molecule has 0 amide bonds. The van der Waals surface area contributed by atoms with E-state index in [-0.39, 0.29) is 12.4 Å². The Kier molecular flexibility index (Phi) is 2.96. The van der Waals surface area contributed by atoms with Crippen LogP contribution in [0.4, 0.5) is 0 Å². The quantitative estimate of drug-likeness (QED) is 0.686. The highest BCUT2D eigenvalue weighted by atomic mass is 35.5. The van der Waals surface area contributed by atoms with Crippen molar-refractivity contribution in [3.05, 3.63) is 23.0 Å². The van der Waals surface area contributed by atoms with Crippen molar-refractivity contribution in [3.8, 4) is 5.75 Å². The lowest BCUT2D eigenvalue weighted by molar-refractivity contribution is -0.00191. The van der Waals surface area contributed by atoms with Gasteiger partial charge in [0.15, 0.2) is 0 Å². The second-order valence-electron chi connectivity index (χ2n) is 5.54. The van der Waals surface area contributed by atoms with Crippen LogP contribution in [0, 0.1) is 5.41 Å². The van der Waals surface area contributed by atoms with E-state index in [1.807, 2.05) is 12.1 Å². The van der Waals surface area contributed by atoms with Crippen LogP contribution in [-0.4, -0.2) is 35.6 Å². The standard InChI is InChI=1S/C13H15ClN2O.ClH/c14-12-2-1-10-9(15-12)7-13-4-6-16(8-13)5-3-11(13)17-10;/h1-2,11H,3-8H2;1H. The van der Waals surface area contributed by atoms with E-state index in [4.69, 9.17) is 16.3 Å². The number of hydrogen-bond acceptors (Lipinski definition) is 3. The Morgan fingerprint density at radius 1 is 1.39 bits per heavy atom. The summed E-state index contributed by atoms with van der Waals surface area (Å²) in [5.74, 6) is 0.949. The summed E-state index contributed by atoms with van der Waals surface area (Å²) >= 11 is 5.97. The Morgan fingerprint density at radius 2 is 2.28 bits per heavy atom. The number of hydrogen-bond donors (Lipinski definition) is 0. The molecule has 18 heavy (non-hydrogen) atoms. The number of fused-ring (bicyclic) bond motifs is 2. The molecule has 2 saturated heterocycles. The third-order valence-corrected chi connectivity index (χ3v) is 4.75. The molecule has 0 radical (unpaired) electrons. The SMILES string of the molecule is Cl.Clc1ccc2c(n1)CC13CCN(CCC1O2)C3. The molecule has 1 aromatic heterocycles. The highest BCUT2D eigenvalue weighted by Gasteiger charge is 2.51. The van der Waals surface area contributed by atoms with Gasteiger partial charge >= 0.3 is 0 Å². The van der Waals surface area contributed by atoms with Gasteiger partial charge in [0.25, 0.3) is 0 Å². The first-order valence-corrected chi connectivity index (χ1v) is 6.67. The molecule has 3 nitrogen and oxygen atoms in total. The smallest absolute Gasteiger partial charge is 0.141 e. The van der Waals surface area contributed by atoms with Crippen molar-refractivity contribution in [2.45, 2.75) is 25.4 Å². The molecule has 2 bridgehead atoms. The van der Waals surface area contributed by atoms with Crippen molar-refractivity contribution in [3.63, 3.8) is 0 Å². The van der Waals surface area contributed by atoms with E-state index < -0.39 is 0 Å². The maximum Gasteiger partial charge on any atom is 0.141 e. The number of ether oxygens (including phenoxy) is 1. The summed E-state index contributed by atoms with van der Waals surface area (Å²) < 4.78 is 6.16. The van der Waals surface area contributed by atoms with Crippen LogP contribution >= 0.6 is 24.0 Å². The largest absolute Gasteiger partial charge is 0.488 e. The number of pyridine rings is 1.